The lowest BCUT2D eigenvalue weighted by molar-refractivity contribution is -0.138. The van der Waals surface area contributed by atoms with E-state index in [2.05, 4.69) is 15.0 Å². The van der Waals surface area contributed by atoms with Crippen molar-refractivity contribution in [3.05, 3.63) is 47.2 Å². The molecule has 1 aliphatic rings. The third-order valence-corrected chi connectivity index (χ3v) is 4.29. The van der Waals surface area contributed by atoms with Gasteiger partial charge in [-0.3, -0.25) is 0 Å². The van der Waals surface area contributed by atoms with Crippen LogP contribution in [-0.4, -0.2) is 23.2 Å². The average molecular weight is 392 g/mol. The summed E-state index contributed by atoms with van der Waals surface area (Å²) in [7, 11) is 0. The molecule has 3 rings (SSSR count). The third kappa shape index (κ3) is 6.64. The molecule has 0 spiro atoms. The Morgan fingerprint density at radius 1 is 1.16 bits per heavy atom. The number of phenols is 1. The molecule has 0 aliphatic carbocycles. The van der Waals surface area contributed by atoms with Crippen molar-refractivity contribution in [3.63, 3.8) is 0 Å². The number of anilines is 1. The van der Waals surface area contributed by atoms with Crippen LogP contribution in [0, 0.1) is 0 Å². The van der Waals surface area contributed by atoms with Gasteiger partial charge in [0.15, 0.2) is 0 Å². The molecule has 1 aromatic heterocycles. The Morgan fingerprint density at radius 2 is 1.88 bits per heavy atom. The molecular formula is C16H17ClF3N3OS. The quantitative estimate of drug-likeness (QED) is 0.510. The Morgan fingerprint density at radius 3 is 2.36 bits per heavy atom. The lowest BCUT2D eigenvalue weighted by atomic mass is 10.2. The van der Waals surface area contributed by atoms with Crippen LogP contribution in [0.4, 0.5) is 18.9 Å². The van der Waals surface area contributed by atoms with Gasteiger partial charge in [0.25, 0.3) is 0 Å². The number of aromatic hydroxyl groups is 1. The highest BCUT2D eigenvalue weighted by atomic mass is 35.5. The molecule has 1 aromatic carbocycles. The zero-order valence-corrected chi connectivity index (χ0v) is 14.7. The molecule has 2 aromatic rings. The lowest BCUT2D eigenvalue weighted by Crippen LogP contribution is -2.05. The van der Waals surface area contributed by atoms with Crippen molar-refractivity contribution in [1.29, 1.82) is 0 Å². The first-order valence-corrected chi connectivity index (χ1v) is 8.71. The lowest BCUT2D eigenvalue weighted by Gasteiger charge is -2.11. The van der Waals surface area contributed by atoms with Crippen molar-refractivity contribution in [1.82, 2.24) is 10.3 Å². The summed E-state index contributed by atoms with van der Waals surface area (Å²) in [5.74, 6) is -0.822. The number of hydrogen-bond donors (Lipinski definition) is 3. The van der Waals surface area contributed by atoms with E-state index < -0.39 is 17.5 Å². The predicted octanol–water partition coefficient (Wildman–Crippen LogP) is 4.95. The van der Waals surface area contributed by atoms with Gasteiger partial charge >= 0.3 is 6.18 Å². The van der Waals surface area contributed by atoms with Gasteiger partial charge in [-0.05, 0) is 62.1 Å². The van der Waals surface area contributed by atoms with E-state index in [-0.39, 0.29) is 0 Å². The Kier molecular flexibility index (Phi) is 7.22. The summed E-state index contributed by atoms with van der Waals surface area (Å²) in [4.78, 5) is 4.59. The van der Waals surface area contributed by atoms with Crippen LogP contribution in [-0.2, 0) is 6.18 Å². The van der Waals surface area contributed by atoms with Gasteiger partial charge in [0, 0.05) is 22.8 Å². The number of nitrogens with one attached hydrogen (secondary N) is 2. The number of alkyl halides is 3. The summed E-state index contributed by atoms with van der Waals surface area (Å²) >= 11 is 6.77. The second-order valence-corrected chi connectivity index (χ2v) is 6.47. The van der Waals surface area contributed by atoms with Crippen molar-refractivity contribution in [3.8, 4) is 5.75 Å². The number of phenolic OH excluding ortho intramolecular Hbond substituents is 1. The van der Waals surface area contributed by atoms with Gasteiger partial charge in [0.05, 0.1) is 5.56 Å². The zero-order valence-electron chi connectivity index (χ0n) is 13.1. The molecule has 0 radical (unpaired) electrons. The van der Waals surface area contributed by atoms with Crippen molar-refractivity contribution >= 4 is 29.2 Å². The van der Waals surface area contributed by atoms with Gasteiger partial charge in [0.1, 0.15) is 10.9 Å². The summed E-state index contributed by atoms with van der Waals surface area (Å²) in [5.41, 5.74) is -0.725. The zero-order chi connectivity index (χ0) is 18.3. The van der Waals surface area contributed by atoms with E-state index in [0.717, 1.165) is 29.0 Å². The Hall–Kier alpha value is -1.64. The number of pyridine rings is 1. The molecule has 4 nitrogen and oxygen atoms in total. The molecule has 2 heterocycles. The molecule has 3 N–H and O–H groups in total. The van der Waals surface area contributed by atoms with Crippen LogP contribution in [0.25, 0.3) is 0 Å². The van der Waals surface area contributed by atoms with Gasteiger partial charge in [-0.25, -0.2) is 4.98 Å². The second-order valence-electron chi connectivity index (χ2n) is 5.21. The number of aromatic nitrogens is 1. The minimum Gasteiger partial charge on any atom is -0.507 e. The van der Waals surface area contributed by atoms with Gasteiger partial charge < -0.3 is 15.1 Å². The molecular weight excluding hydrogens is 375 g/mol. The fourth-order valence-corrected chi connectivity index (χ4v) is 2.72. The van der Waals surface area contributed by atoms with Crippen molar-refractivity contribution in [2.24, 2.45) is 0 Å². The van der Waals surface area contributed by atoms with Crippen LogP contribution in [0.15, 0.2) is 41.4 Å². The van der Waals surface area contributed by atoms with Crippen LogP contribution < -0.4 is 10.0 Å². The maximum Gasteiger partial charge on any atom is 0.419 e. The maximum atomic E-state index is 12.5. The van der Waals surface area contributed by atoms with E-state index in [1.54, 1.807) is 12.1 Å². The summed E-state index contributed by atoms with van der Waals surface area (Å²) < 4.78 is 40.2. The summed E-state index contributed by atoms with van der Waals surface area (Å²) in [6.07, 6.45) is -0.278. The highest BCUT2D eigenvalue weighted by Gasteiger charge is 2.33. The van der Waals surface area contributed by atoms with Crippen molar-refractivity contribution in [2.45, 2.75) is 23.9 Å². The molecule has 0 amide bonds. The number of halogens is 4. The number of rotatable bonds is 3. The summed E-state index contributed by atoms with van der Waals surface area (Å²) in [6.45, 7) is 2.50. The second kappa shape index (κ2) is 9.17. The largest absolute Gasteiger partial charge is 0.507 e. The van der Waals surface area contributed by atoms with Crippen LogP contribution in [0.2, 0.25) is 5.15 Å². The molecule has 0 atom stereocenters. The van der Waals surface area contributed by atoms with E-state index in [0.29, 0.717) is 10.8 Å². The fraction of sp³-hybridized carbons (Fsp3) is 0.312. The van der Waals surface area contributed by atoms with Crippen LogP contribution >= 0.6 is 23.5 Å². The molecule has 0 unspecified atom stereocenters. The van der Waals surface area contributed by atoms with Gasteiger partial charge in [-0.1, -0.05) is 11.6 Å². The molecule has 0 bridgehead atoms. The van der Waals surface area contributed by atoms with Gasteiger partial charge in [0.2, 0.25) is 0 Å². The highest BCUT2D eigenvalue weighted by molar-refractivity contribution is 8.00. The van der Waals surface area contributed by atoms with E-state index >= 15 is 0 Å². The van der Waals surface area contributed by atoms with Crippen LogP contribution in [0.1, 0.15) is 18.4 Å². The van der Waals surface area contributed by atoms with E-state index in [1.807, 2.05) is 0 Å². The number of hydrogen-bond acceptors (Lipinski definition) is 5. The summed E-state index contributed by atoms with van der Waals surface area (Å²) in [6, 6.07) is 6.36. The Balaban J connectivity index is 0.000000386. The SMILES string of the molecule is C1CCNC1.Oc1cc(NSc2ccc(Cl)nc2)ccc1C(F)(F)F. The summed E-state index contributed by atoms with van der Waals surface area (Å²) in [5, 5.41) is 12.9. The third-order valence-electron chi connectivity index (χ3n) is 3.25. The highest BCUT2D eigenvalue weighted by Crippen LogP contribution is 2.37. The molecule has 1 aliphatic heterocycles. The van der Waals surface area contributed by atoms with Crippen LogP contribution in [0.5, 0.6) is 5.75 Å². The van der Waals surface area contributed by atoms with E-state index in [4.69, 9.17) is 11.6 Å². The standard InChI is InChI=1S/C12H8ClF3N2OS.C4H9N/c13-11-4-2-8(6-17-11)20-18-7-1-3-9(10(19)5-7)12(14,15)16;1-2-4-5-3-1/h1-6,18-19H;5H,1-4H2. The normalized spacial score (nSPS) is 13.9. The smallest absolute Gasteiger partial charge is 0.419 e. The molecule has 9 heteroatoms. The number of benzene rings is 1. The Labute approximate surface area is 152 Å². The Bertz CT molecular complexity index is 672. The van der Waals surface area contributed by atoms with Gasteiger partial charge in [-0.15, -0.1) is 0 Å². The fourth-order valence-electron chi connectivity index (χ4n) is 2.00. The van der Waals surface area contributed by atoms with E-state index in [1.165, 1.54) is 38.2 Å². The van der Waals surface area contributed by atoms with Crippen molar-refractivity contribution < 1.29 is 18.3 Å². The topological polar surface area (TPSA) is 57.2 Å². The molecule has 25 heavy (non-hydrogen) atoms. The van der Waals surface area contributed by atoms with Gasteiger partial charge in [-0.2, -0.15) is 13.2 Å². The molecule has 0 saturated carbocycles. The monoisotopic (exact) mass is 391 g/mol. The minimum absolute atomic E-state index is 0.343. The first kappa shape index (κ1) is 19.7. The van der Waals surface area contributed by atoms with Crippen LogP contribution in [0.3, 0.4) is 0 Å². The minimum atomic E-state index is -4.57. The molecule has 136 valence electrons. The average Bonchev–Trinajstić information content (AvgIpc) is 3.13. The maximum absolute atomic E-state index is 12.5. The van der Waals surface area contributed by atoms with E-state index in [9.17, 15) is 18.3 Å². The molecule has 1 saturated heterocycles. The molecule has 1 fully saturated rings. The van der Waals surface area contributed by atoms with Crippen molar-refractivity contribution in [2.75, 3.05) is 17.8 Å². The number of nitrogens with zero attached hydrogens (tertiary/aromatic N) is 1. The first-order chi connectivity index (χ1) is 11.9. The predicted molar refractivity (Wildman–Crippen MR) is 93.9 cm³/mol. The first-order valence-electron chi connectivity index (χ1n) is 7.51.